The van der Waals surface area contributed by atoms with Gasteiger partial charge in [0.1, 0.15) is 5.75 Å². The zero-order chi connectivity index (χ0) is 14.8. The molecule has 0 unspecified atom stereocenters. The molecular weight excluding hydrogens is 383 g/mol. The number of hydrogen-bond donors (Lipinski definition) is 1. The fourth-order valence-corrected chi connectivity index (χ4v) is 2.38. The first kappa shape index (κ1) is 13.7. The van der Waals surface area contributed by atoms with Crippen molar-refractivity contribution in [3.8, 4) is 11.6 Å². The second-order valence-electron chi connectivity index (χ2n) is 4.23. The van der Waals surface area contributed by atoms with E-state index < -0.39 is 5.97 Å². The van der Waals surface area contributed by atoms with Crippen molar-refractivity contribution in [1.29, 1.82) is 0 Å². The smallest absolute Gasteiger partial charge is 0.374 e. The summed E-state index contributed by atoms with van der Waals surface area (Å²) in [6.45, 7) is 0. The van der Waals surface area contributed by atoms with Gasteiger partial charge in [0.15, 0.2) is 0 Å². The minimum Gasteiger partial charge on any atom is -0.475 e. The van der Waals surface area contributed by atoms with E-state index in [-0.39, 0.29) is 11.7 Å². The van der Waals surface area contributed by atoms with Crippen molar-refractivity contribution in [3.05, 3.63) is 57.9 Å². The molecule has 0 spiro atoms. The van der Waals surface area contributed by atoms with Crippen molar-refractivity contribution in [1.82, 2.24) is 9.97 Å². The van der Waals surface area contributed by atoms with Crippen molar-refractivity contribution in [3.63, 3.8) is 0 Å². The zero-order valence-electron chi connectivity index (χ0n) is 10.7. The first-order chi connectivity index (χ1) is 10.1. The molecule has 3 aromatic rings. The molecule has 21 heavy (non-hydrogen) atoms. The van der Waals surface area contributed by atoms with Gasteiger partial charge in [-0.1, -0.05) is 18.2 Å². The summed E-state index contributed by atoms with van der Waals surface area (Å²) in [6.07, 6.45) is 0. The van der Waals surface area contributed by atoms with Gasteiger partial charge < -0.3 is 9.84 Å². The van der Waals surface area contributed by atoms with Crippen LogP contribution in [0.2, 0.25) is 0 Å². The van der Waals surface area contributed by atoms with Crippen LogP contribution in [-0.4, -0.2) is 21.0 Å². The molecule has 0 fully saturated rings. The minimum absolute atomic E-state index is 0.236. The van der Waals surface area contributed by atoms with Crippen LogP contribution in [0.1, 0.15) is 10.6 Å². The fourth-order valence-electron chi connectivity index (χ4n) is 1.86. The Morgan fingerprint density at radius 1 is 1.10 bits per heavy atom. The van der Waals surface area contributed by atoms with E-state index in [9.17, 15) is 4.79 Å². The molecule has 5 nitrogen and oxygen atoms in total. The van der Waals surface area contributed by atoms with Crippen molar-refractivity contribution < 1.29 is 14.6 Å². The average Bonchev–Trinajstić information content (AvgIpc) is 2.47. The van der Waals surface area contributed by atoms with Crippen LogP contribution in [0.5, 0.6) is 11.6 Å². The number of carboxylic acids is 1. The predicted molar refractivity (Wildman–Crippen MR) is 85.7 cm³/mol. The van der Waals surface area contributed by atoms with Gasteiger partial charge in [0.05, 0.1) is 10.9 Å². The maximum atomic E-state index is 11.1. The topological polar surface area (TPSA) is 72.3 Å². The third kappa shape index (κ3) is 2.94. The Hall–Kier alpha value is -2.22. The van der Waals surface area contributed by atoms with Crippen LogP contribution in [0.4, 0.5) is 0 Å². The van der Waals surface area contributed by atoms with Crippen molar-refractivity contribution in [2.24, 2.45) is 0 Å². The normalized spacial score (nSPS) is 10.5. The van der Waals surface area contributed by atoms with Crippen LogP contribution in [0.15, 0.2) is 48.5 Å². The maximum Gasteiger partial charge on any atom is 0.374 e. The summed E-state index contributed by atoms with van der Waals surface area (Å²) in [7, 11) is 0. The number of aromatic nitrogens is 2. The van der Waals surface area contributed by atoms with E-state index in [4.69, 9.17) is 9.84 Å². The van der Waals surface area contributed by atoms with Gasteiger partial charge in [-0.05, 0) is 52.9 Å². The number of aromatic carboxylic acids is 1. The maximum absolute atomic E-state index is 11.1. The number of carbonyl (C=O) groups is 1. The molecule has 0 aliphatic rings. The molecule has 104 valence electrons. The zero-order valence-corrected chi connectivity index (χ0v) is 12.8. The highest BCUT2D eigenvalue weighted by atomic mass is 127. The SMILES string of the molecule is O=C(O)c1nc(Oc2cccc(I)c2)c2ccccc2n1. The first-order valence-corrected chi connectivity index (χ1v) is 7.15. The molecule has 0 aliphatic heterocycles. The molecule has 1 heterocycles. The van der Waals surface area contributed by atoms with E-state index in [1.807, 2.05) is 24.3 Å². The Balaban J connectivity index is 2.13. The van der Waals surface area contributed by atoms with E-state index in [1.165, 1.54) is 0 Å². The molecule has 2 aromatic carbocycles. The number of nitrogens with zero attached hydrogens (tertiary/aromatic N) is 2. The Bertz CT molecular complexity index is 836. The lowest BCUT2D eigenvalue weighted by molar-refractivity contribution is 0.0683. The number of ether oxygens (including phenoxy) is 1. The Labute approximate surface area is 133 Å². The minimum atomic E-state index is -1.19. The number of rotatable bonds is 3. The lowest BCUT2D eigenvalue weighted by Gasteiger charge is -2.08. The highest BCUT2D eigenvalue weighted by Crippen LogP contribution is 2.28. The van der Waals surface area contributed by atoms with Crippen molar-refractivity contribution >= 4 is 39.5 Å². The van der Waals surface area contributed by atoms with Gasteiger partial charge in [-0.15, -0.1) is 0 Å². The summed E-state index contributed by atoms with van der Waals surface area (Å²) in [5, 5.41) is 9.77. The number of carboxylic acid groups (broad SMARTS) is 1. The molecular formula is C15H9IN2O3. The standard InChI is InChI=1S/C15H9IN2O3/c16-9-4-3-5-10(8-9)21-14-11-6-1-2-7-12(11)17-13(18-14)15(19)20/h1-8H,(H,19,20). The van der Waals surface area contributed by atoms with Crippen LogP contribution in [-0.2, 0) is 0 Å². The summed E-state index contributed by atoms with van der Waals surface area (Å²) < 4.78 is 6.76. The Morgan fingerprint density at radius 3 is 2.67 bits per heavy atom. The summed E-state index contributed by atoms with van der Waals surface area (Å²) in [5.74, 6) is -0.635. The summed E-state index contributed by atoms with van der Waals surface area (Å²) in [6, 6.07) is 14.6. The lowest BCUT2D eigenvalue weighted by atomic mass is 10.2. The largest absolute Gasteiger partial charge is 0.475 e. The lowest BCUT2D eigenvalue weighted by Crippen LogP contribution is -2.05. The van der Waals surface area contributed by atoms with Crippen LogP contribution in [0, 0.1) is 3.57 Å². The van der Waals surface area contributed by atoms with Gasteiger partial charge in [-0.3, -0.25) is 0 Å². The summed E-state index contributed by atoms with van der Waals surface area (Å²) >= 11 is 2.18. The van der Waals surface area contributed by atoms with Gasteiger partial charge in [-0.25, -0.2) is 9.78 Å². The van der Waals surface area contributed by atoms with E-state index in [2.05, 4.69) is 32.6 Å². The monoisotopic (exact) mass is 392 g/mol. The van der Waals surface area contributed by atoms with E-state index in [1.54, 1.807) is 24.3 Å². The highest BCUT2D eigenvalue weighted by molar-refractivity contribution is 14.1. The molecule has 3 rings (SSSR count). The summed E-state index contributed by atoms with van der Waals surface area (Å²) in [4.78, 5) is 19.1. The van der Waals surface area contributed by atoms with Crippen molar-refractivity contribution in [2.45, 2.75) is 0 Å². The van der Waals surface area contributed by atoms with E-state index in [0.29, 0.717) is 16.7 Å². The number of hydrogen-bond acceptors (Lipinski definition) is 4. The number of fused-ring (bicyclic) bond motifs is 1. The molecule has 1 aromatic heterocycles. The summed E-state index contributed by atoms with van der Waals surface area (Å²) in [5.41, 5.74) is 0.533. The van der Waals surface area contributed by atoms with Crippen LogP contribution in [0.25, 0.3) is 10.9 Å². The molecule has 0 aliphatic carbocycles. The highest BCUT2D eigenvalue weighted by Gasteiger charge is 2.14. The number of para-hydroxylation sites is 1. The third-order valence-corrected chi connectivity index (χ3v) is 3.44. The molecule has 0 saturated carbocycles. The second-order valence-corrected chi connectivity index (χ2v) is 5.48. The van der Waals surface area contributed by atoms with Gasteiger partial charge in [-0.2, -0.15) is 4.98 Å². The van der Waals surface area contributed by atoms with E-state index >= 15 is 0 Å². The van der Waals surface area contributed by atoms with Gasteiger partial charge in [0.25, 0.3) is 0 Å². The predicted octanol–water partition coefficient (Wildman–Crippen LogP) is 3.72. The van der Waals surface area contributed by atoms with Gasteiger partial charge >= 0.3 is 5.97 Å². The van der Waals surface area contributed by atoms with Gasteiger partial charge in [0, 0.05) is 3.57 Å². The van der Waals surface area contributed by atoms with E-state index in [0.717, 1.165) is 3.57 Å². The molecule has 0 atom stereocenters. The molecule has 6 heteroatoms. The molecule has 1 N–H and O–H groups in total. The van der Waals surface area contributed by atoms with Crippen LogP contribution >= 0.6 is 22.6 Å². The first-order valence-electron chi connectivity index (χ1n) is 6.07. The third-order valence-electron chi connectivity index (χ3n) is 2.77. The number of benzene rings is 2. The van der Waals surface area contributed by atoms with Crippen LogP contribution < -0.4 is 4.74 Å². The Kier molecular flexibility index (Phi) is 3.70. The number of halogens is 1. The second kappa shape index (κ2) is 5.65. The average molecular weight is 392 g/mol. The molecule has 0 saturated heterocycles. The molecule has 0 radical (unpaired) electrons. The Morgan fingerprint density at radius 2 is 1.90 bits per heavy atom. The molecule has 0 bridgehead atoms. The quantitative estimate of drug-likeness (QED) is 0.688. The molecule has 0 amide bonds. The van der Waals surface area contributed by atoms with Gasteiger partial charge in [0.2, 0.25) is 11.7 Å². The van der Waals surface area contributed by atoms with Crippen molar-refractivity contribution in [2.75, 3.05) is 0 Å². The fraction of sp³-hybridized carbons (Fsp3) is 0. The van der Waals surface area contributed by atoms with Crippen LogP contribution in [0.3, 0.4) is 0 Å².